The number of nitro benzene ring substituents is 1. The first-order valence-corrected chi connectivity index (χ1v) is 11.9. The van der Waals surface area contributed by atoms with Crippen molar-refractivity contribution < 1.29 is 18.4 Å². The number of hydrogen-bond donors (Lipinski definition) is 2. The highest BCUT2D eigenvalue weighted by Gasteiger charge is 2.26. The molecule has 1 atom stereocenters. The lowest BCUT2D eigenvalue weighted by molar-refractivity contribution is -0.385. The van der Waals surface area contributed by atoms with E-state index in [0.29, 0.717) is 24.2 Å². The Labute approximate surface area is 183 Å². The van der Waals surface area contributed by atoms with Crippen LogP contribution in [-0.2, 0) is 10.0 Å². The minimum Gasteiger partial charge on any atom is -0.387 e. The number of aryl methyl sites for hydroxylation is 2. The zero-order valence-corrected chi connectivity index (χ0v) is 18.6. The minimum absolute atomic E-state index is 0.112. The molecular weight excluding hydrogens is 418 g/mol. The molecule has 2 aromatic carbocycles. The lowest BCUT2D eigenvalue weighted by Crippen LogP contribution is -2.40. The molecule has 8 nitrogen and oxygen atoms in total. The fourth-order valence-electron chi connectivity index (χ4n) is 4.15. The number of aliphatic hydroxyl groups excluding tert-OH is 1. The van der Waals surface area contributed by atoms with E-state index in [9.17, 15) is 23.6 Å². The third-order valence-electron chi connectivity index (χ3n) is 5.81. The van der Waals surface area contributed by atoms with Crippen LogP contribution in [0, 0.1) is 29.9 Å². The van der Waals surface area contributed by atoms with Gasteiger partial charge < -0.3 is 10.0 Å². The molecule has 0 amide bonds. The highest BCUT2D eigenvalue weighted by atomic mass is 32.2. The zero-order chi connectivity index (χ0) is 22.6. The highest BCUT2D eigenvalue weighted by molar-refractivity contribution is 7.89. The van der Waals surface area contributed by atoms with Crippen molar-refractivity contribution in [3.05, 3.63) is 69.3 Å². The van der Waals surface area contributed by atoms with Gasteiger partial charge in [-0.1, -0.05) is 30.3 Å². The molecular formula is C22H29N3O5S. The molecule has 0 aromatic heterocycles. The van der Waals surface area contributed by atoms with Crippen LogP contribution in [0.2, 0.25) is 0 Å². The van der Waals surface area contributed by atoms with E-state index in [1.54, 1.807) is 13.8 Å². The number of likely N-dealkylation sites (tertiary alicyclic amines) is 1. The summed E-state index contributed by atoms with van der Waals surface area (Å²) in [5.41, 5.74) is 1.51. The molecule has 2 N–H and O–H groups in total. The summed E-state index contributed by atoms with van der Waals surface area (Å²) in [4.78, 5) is 12.8. The summed E-state index contributed by atoms with van der Waals surface area (Å²) in [7, 11) is -3.76. The number of hydrogen-bond acceptors (Lipinski definition) is 6. The second-order valence-corrected chi connectivity index (χ2v) is 9.89. The zero-order valence-electron chi connectivity index (χ0n) is 17.8. The van der Waals surface area contributed by atoms with E-state index in [4.69, 9.17) is 0 Å². The third-order valence-corrected chi connectivity index (χ3v) is 7.54. The number of nitrogens with zero attached hydrogens (tertiary/aromatic N) is 2. The third kappa shape index (κ3) is 5.88. The molecule has 31 heavy (non-hydrogen) atoms. The summed E-state index contributed by atoms with van der Waals surface area (Å²) in [6, 6.07) is 12.1. The number of piperidine rings is 1. The lowest BCUT2D eigenvalue weighted by atomic mass is 9.96. The predicted molar refractivity (Wildman–Crippen MR) is 118 cm³/mol. The van der Waals surface area contributed by atoms with Crippen molar-refractivity contribution in [3.8, 4) is 0 Å². The summed E-state index contributed by atoms with van der Waals surface area (Å²) in [5.74, 6) is 0.207. The van der Waals surface area contributed by atoms with Gasteiger partial charge in [-0.05, 0) is 62.4 Å². The fraction of sp³-hybridized carbons (Fsp3) is 0.455. The second kappa shape index (κ2) is 9.86. The first-order valence-electron chi connectivity index (χ1n) is 10.4. The van der Waals surface area contributed by atoms with Gasteiger partial charge in [-0.15, -0.1) is 0 Å². The lowest BCUT2D eigenvalue weighted by Gasteiger charge is -2.33. The molecule has 1 aliphatic heterocycles. The van der Waals surface area contributed by atoms with Crippen LogP contribution in [0.1, 0.15) is 35.6 Å². The van der Waals surface area contributed by atoms with Gasteiger partial charge in [-0.3, -0.25) is 10.1 Å². The molecule has 0 spiro atoms. The van der Waals surface area contributed by atoms with Crippen LogP contribution < -0.4 is 4.72 Å². The van der Waals surface area contributed by atoms with E-state index >= 15 is 0 Å². The van der Waals surface area contributed by atoms with Crippen molar-refractivity contribution in [1.82, 2.24) is 9.62 Å². The standard InChI is InChI=1S/C22H29N3O5S/c1-16-12-20(25(27)28)13-17(2)22(16)31(29,30)23-14-18-8-10-24(11-9-18)15-21(26)19-6-4-3-5-7-19/h3-7,12-13,18,21,23,26H,8-11,14-15H2,1-2H3/t21-/m1/s1. The molecule has 9 heteroatoms. The smallest absolute Gasteiger partial charge is 0.270 e. The average molecular weight is 448 g/mol. The van der Waals surface area contributed by atoms with Gasteiger partial charge in [0.2, 0.25) is 10.0 Å². The van der Waals surface area contributed by atoms with E-state index in [2.05, 4.69) is 9.62 Å². The summed E-state index contributed by atoms with van der Waals surface area (Å²) in [5, 5.41) is 21.4. The Morgan fingerprint density at radius 2 is 1.74 bits per heavy atom. The number of nitro groups is 1. The largest absolute Gasteiger partial charge is 0.387 e. The quantitative estimate of drug-likeness (QED) is 0.475. The first-order chi connectivity index (χ1) is 14.7. The summed E-state index contributed by atoms with van der Waals surface area (Å²) in [6.45, 7) is 5.63. The molecule has 1 saturated heterocycles. The van der Waals surface area contributed by atoms with E-state index < -0.39 is 21.1 Å². The van der Waals surface area contributed by atoms with Crippen LogP contribution in [-0.4, -0.2) is 49.5 Å². The van der Waals surface area contributed by atoms with Crippen LogP contribution in [0.3, 0.4) is 0 Å². The number of aliphatic hydroxyl groups is 1. The van der Waals surface area contributed by atoms with Crippen molar-refractivity contribution in [2.24, 2.45) is 5.92 Å². The Morgan fingerprint density at radius 1 is 1.16 bits per heavy atom. The number of sulfonamides is 1. The van der Waals surface area contributed by atoms with E-state index in [1.807, 2.05) is 30.3 Å². The fourth-order valence-corrected chi connectivity index (χ4v) is 5.72. The predicted octanol–water partition coefficient (Wildman–Crippen LogP) is 2.94. The molecule has 1 aliphatic rings. The van der Waals surface area contributed by atoms with Crippen molar-refractivity contribution in [2.45, 2.75) is 37.7 Å². The Kier molecular flexibility index (Phi) is 7.42. The molecule has 0 unspecified atom stereocenters. The van der Waals surface area contributed by atoms with E-state index in [-0.39, 0.29) is 16.5 Å². The molecule has 0 aliphatic carbocycles. The van der Waals surface area contributed by atoms with E-state index in [1.165, 1.54) is 12.1 Å². The topological polar surface area (TPSA) is 113 Å². The van der Waals surface area contributed by atoms with Gasteiger partial charge in [0.05, 0.1) is 15.9 Å². The van der Waals surface area contributed by atoms with Crippen LogP contribution >= 0.6 is 0 Å². The molecule has 3 rings (SSSR count). The van der Waals surface area contributed by atoms with Crippen molar-refractivity contribution in [2.75, 3.05) is 26.2 Å². The van der Waals surface area contributed by atoms with Crippen molar-refractivity contribution in [3.63, 3.8) is 0 Å². The van der Waals surface area contributed by atoms with Crippen molar-refractivity contribution in [1.29, 1.82) is 0 Å². The van der Waals surface area contributed by atoms with Crippen LogP contribution in [0.15, 0.2) is 47.4 Å². The summed E-state index contributed by atoms with van der Waals surface area (Å²) in [6.07, 6.45) is 1.13. The second-order valence-electron chi connectivity index (χ2n) is 8.19. The molecule has 2 aromatic rings. The molecule has 0 saturated carbocycles. The van der Waals surface area contributed by atoms with Gasteiger partial charge in [-0.25, -0.2) is 13.1 Å². The minimum atomic E-state index is -3.76. The number of nitrogens with one attached hydrogen (secondary N) is 1. The molecule has 168 valence electrons. The van der Waals surface area contributed by atoms with Gasteiger partial charge >= 0.3 is 0 Å². The van der Waals surface area contributed by atoms with Crippen molar-refractivity contribution >= 4 is 15.7 Å². The molecule has 1 fully saturated rings. The number of non-ortho nitro benzene ring substituents is 1. The molecule has 0 radical (unpaired) electrons. The van der Waals surface area contributed by atoms with Crippen LogP contribution in [0.5, 0.6) is 0 Å². The van der Waals surface area contributed by atoms with Gasteiger partial charge in [0, 0.05) is 25.2 Å². The van der Waals surface area contributed by atoms with Gasteiger partial charge in [0.15, 0.2) is 0 Å². The Bertz CT molecular complexity index is 996. The SMILES string of the molecule is Cc1cc([N+](=O)[O-])cc(C)c1S(=O)(=O)NCC1CCN(C[C@@H](O)c2ccccc2)CC1. The maximum absolute atomic E-state index is 12.8. The monoisotopic (exact) mass is 447 g/mol. The van der Waals surface area contributed by atoms with Gasteiger partial charge in [0.1, 0.15) is 0 Å². The maximum atomic E-state index is 12.8. The normalized spacial score (nSPS) is 16.9. The number of benzene rings is 2. The average Bonchev–Trinajstić information content (AvgIpc) is 2.73. The Morgan fingerprint density at radius 3 is 2.29 bits per heavy atom. The first kappa shape index (κ1) is 23.3. The summed E-state index contributed by atoms with van der Waals surface area (Å²) < 4.78 is 28.4. The number of rotatable bonds is 8. The van der Waals surface area contributed by atoms with E-state index in [0.717, 1.165) is 31.5 Å². The molecule has 0 bridgehead atoms. The highest BCUT2D eigenvalue weighted by Crippen LogP contribution is 2.26. The van der Waals surface area contributed by atoms with Gasteiger partial charge in [-0.2, -0.15) is 0 Å². The van der Waals surface area contributed by atoms with Crippen LogP contribution in [0.4, 0.5) is 5.69 Å². The van der Waals surface area contributed by atoms with Gasteiger partial charge in [0.25, 0.3) is 5.69 Å². The summed E-state index contributed by atoms with van der Waals surface area (Å²) >= 11 is 0. The Hall–Kier alpha value is -2.33. The van der Waals surface area contributed by atoms with Crippen LogP contribution in [0.25, 0.3) is 0 Å². The maximum Gasteiger partial charge on any atom is 0.270 e. The molecule has 1 heterocycles. The number of β-amino-alcohol motifs (C(OH)–C–C–N with tert-alkyl or cyclic N) is 1. The Balaban J connectivity index is 1.54.